The molecule has 2 saturated heterocycles. The van der Waals surface area contributed by atoms with Crippen molar-refractivity contribution in [1.29, 1.82) is 0 Å². The van der Waals surface area contributed by atoms with Crippen LogP contribution in [-0.2, 0) is 14.3 Å². The van der Waals surface area contributed by atoms with Gasteiger partial charge >= 0.3 is 12.1 Å². The van der Waals surface area contributed by atoms with Crippen molar-refractivity contribution in [3.05, 3.63) is 0 Å². The van der Waals surface area contributed by atoms with Gasteiger partial charge in [0.15, 0.2) is 0 Å². The molecule has 2 aliphatic heterocycles. The molecule has 0 aliphatic carbocycles. The Morgan fingerprint density at radius 2 is 1.83 bits per heavy atom. The van der Waals surface area contributed by atoms with E-state index in [1.807, 2.05) is 20.8 Å². The van der Waals surface area contributed by atoms with E-state index in [9.17, 15) is 9.59 Å². The maximum atomic E-state index is 12.5. The number of methoxy groups -OCH3 is 1. The lowest BCUT2D eigenvalue weighted by Gasteiger charge is -2.44. The summed E-state index contributed by atoms with van der Waals surface area (Å²) in [6, 6.07) is -0.226. The summed E-state index contributed by atoms with van der Waals surface area (Å²) in [5.74, 6) is 0.342. The molecule has 1 amide bonds. The Morgan fingerprint density at radius 3 is 2.42 bits per heavy atom. The fourth-order valence-electron chi connectivity index (χ4n) is 3.73. The molecular formula is C18H32N2O4. The van der Waals surface area contributed by atoms with Crippen LogP contribution < -0.4 is 0 Å². The molecule has 0 aromatic carbocycles. The highest BCUT2D eigenvalue weighted by atomic mass is 16.6. The molecule has 6 heteroatoms. The molecule has 0 N–H and O–H groups in total. The van der Waals surface area contributed by atoms with Crippen molar-refractivity contribution in [2.24, 2.45) is 5.92 Å². The number of nitrogens with zero attached hydrogens (tertiary/aromatic N) is 2. The first-order chi connectivity index (χ1) is 11.2. The molecule has 0 saturated carbocycles. The summed E-state index contributed by atoms with van der Waals surface area (Å²) in [6.07, 6.45) is 3.55. The minimum atomic E-state index is -0.573. The molecule has 0 bridgehead atoms. The van der Waals surface area contributed by atoms with Crippen molar-refractivity contribution in [3.8, 4) is 0 Å². The number of piperidine rings is 2. The zero-order valence-corrected chi connectivity index (χ0v) is 15.7. The van der Waals surface area contributed by atoms with Gasteiger partial charge in [-0.1, -0.05) is 6.92 Å². The first-order valence-corrected chi connectivity index (χ1v) is 9.02. The van der Waals surface area contributed by atoms with Gasteiger partial charge in [0.2, 0.25) is 0 Å². The van der Waals surface area contributed by atoms with Gasteiger partial charge in [-0.3, -0.25) is 9.80 Å². The van der Waals surface area contributed by atoms with Crippen LogP contribution in [-0.4, -0.2) is 66.3 Å². The second-order valence-electron chi connectivity index (χ2n) is 8.13. The van der Waals surface area contributed by atoms with Crippen LogP contribution in [0.15, 0.2) is 0 Å². The first kappa shape index (κ1) is 19.0. The van der Waals surface area contributed by atoms with E-state index < -0.39 is 17.7 Å². The molecule has 0 aromatic heterocycles. The topological polar surface area (TPSA) is 59.1 Å². The molecular weight excluding hydrogens is 308 g/mol. The SMILES string of the molecule is COC(=O)[C@@H]1C[C@@H](N2CCC[C@@H](C)C2)CCN1C(=O)OC(C)(C)C. The zero-order valence-electron chi connectivity index (χ0n) is 15.7. The molecule has 3 atom stereocenters. The number of carbonyl (C=O) groups is 2. The number of ether oxygens (including phenoxy) is 2. The van der Waals surface area contributed by atoms with Crippen LogP contribution in [0.25, 0.3) is 0 Å². The van der Waals surface area contributed by atoms with Crippen molar-refractivity contribution in [3.63, 3.8) is 0 Å². The third-order valence-corrected chi connectivity index (χ3v) is 4.88. The third kappa shape index (κ3) is 4.85. The Bertz CT molecular complexity index is 460. The summed E-state index contributed by atoms with van der Waals surface area (Å²) in [4.78, 5) is 28.7. The number of amides is 1. The monoisotopic (exact) mass is 340 g/mol. The molecule has 0 aromatic rings. The lowest BCUT2D eigenvalue weighted by atomic mass is 9.92. The largest absolute Gasteiger partial charge is 0.467 e. The van der Waals surface area contributed by atoms with Crippen LogP contribution in [0.1, 0.15) is 53.4 Å². The number of likely N-dealkylation sites (tertiary alicyclic amines) is 2. The summed E-state index contributed by atoms with van der Waals surface area (Å²) in [5, 5.41) is 0. The average molecular weight is 340 g/mol. The van der Waals surface area contributed by atoms with Gasteiger partial charge in [0.1, 0.15) is 11.6 Å². The molecule has 6 nitrogen and oxygen atoms in total. The molecule has 2 rings (SSSR count). The molecule has 0 unspecified atom stereocenters. The molecule has 2 fully saturated rings. The highest BCUT2D eigenvalue weighted by Gasteiger charge is 2.41. The van der Waals surface area contributed by atoms with Gasteiger partial charge in [0, 0.05) is 19.1 Å². The highest BCUT2D eigenvalue weighted by molar-refractivity contribution is 5.81. The first-order valence-electron chi connectivity index (χ1n) is 9.02. The van der Waals surface area contributed by atoms with Crippen LogP contribution in [0.3, 0.4) is 0 Å². The van der Waals surface area contributed by atoms with E-state index >= 15 is 0 Å². The van der Waals surface area contributed by atoms with Gasteiger partial charge in [-0.2, -0.15) is 0 Å². The number of hydrogen-bond donors (Lipinski definition) is 0. The average Bonchev–Trinajstić information content (AvgIpc) is 2.52. The van der Waals surface area contributed by atoms with E-state index in [4.69, 9.17) is 9.47 Å². The van der Waals surface area contributed by atoms with Gasteiger partial charge in [-0.25, -0.2) is 9.59 Å². The molecule has 2 heterocycles. The Hall–Kier alpha value is -1.30. The predicted octanol–water partition coefficient (Wildman–Crippen LogP) is 2.66. The number of rotatable bonds is 2. The smallest absolute Gasteiger partial charge is 0.411 e. The lowest BCUT2D eigenvalue weighted by Crippen LogP contribution is -2.57. The summed E-state index contributed by atoms with van der Waals surface area (Å²) in [6.45, 7) is 10.5. The molecule has 0 spiro atoms. The minimum absolute atomic E-state index is 0.329. The lowest BCUT2D eigenvalue weighted by molar-refractivity contribution is -0.149. The highest BCUT2D eigenvalue weighted by Crippen LogP contribution is 2.28. The number of esters is 1. The van der Waals surface area contributed by atoms with Gasteiger partial charge in [0.25, 0.3) is 0 Å². The summed E-state index contributed by atoms with van der Waals surface area (Å²) in [7, 11) is 1.38. The van der Waals surface area contributed by atoms with Crippen LogP contribution in [0.4, 0.5) is 4.79 Å². The van der Waals surface area contributed by atoms with Gasteiger partial charge in [-0.15, -0.1) is 0 Å². The molecule has 138 valence electrons. The van der Waals surface area contributed by atoms with Crippen LogP contribution in [0.5, 0.6) is 0 Å². The quantitative estimate of drug-likeness (QED) is 0.723. The Morgan fingerprint density at radius 1 is 1.12 bits per heavy atom. The number of carbonyl (C=O) groups excluding carboxylic acids is 2. The minimum Gasteiger partial charge on any atom is -0.467 e. The molecule has 24 heavy (non-hydrogen) atoms. The van der Waals surface area contributed by atoms with Crippen LogP contribution >= 0.6 is 0 Å². The second-order valence-corrected chi connectivity index (χ2v) is 8.13. The Labute approximate surface area is 145 Å². The van der Waals surface area contributed by atoms with E-state index in [1.165, 1.54) is 20.0 Å². The van der Waals surface area contributed by atoms with Crippen molar-refractivity contribution in [2.75, 3.05) is 26.7 Å². The second kappa shape index (κ2) is 7.72. The fraction of sp³-hybridized carbons (Fsp3) is 0.889. The predicted molar refractivity (Wildman–Crippen MR) is 91.7 cm³/mol. The van der Waals surface area contributed by atoms with Gasteiger partial charge in [0.05, 0.1) is 7.11 Å². The Balaban J connectivity index is 2.07. The molecule has 2 aliphatic rings. The van der Waals surface area contributed by atoms with E-state index in [0.717, 1.165) is 19.5 Å². The van der Waals surface area contributed by atoms with Gasteiger partial charge in [-0.05, 0) is 58.9 Å². The fourth-order valence-corrected chi connectivity index (χ4v) is 3.73. The van der Waals surface area contributed by atoms with E-state index in [2.05, 4.69) is 11.8 Å². The Kier molecular flexibility index (Phi) is 6.12. The van der Waals surface area contributed by atoms with E-state index in [0.29, 0.717) is 24.9 Å². The third-order valence-electron chi connectivity index (χ3n) is 4.88. The van der Waals surface area contributed by atoms with Crippen LogP contribution in [0.2, 0.25) is 0 Å². The van der Waals surface area contributed by atoms with Crippen molar-refractivity contribution < 1.29 is 19.1 Å². The van der Waals surface area contributed by atoms with E-state index in [-0.39, 0.29) is 5.97 Å². The summed E-state index contributed by atoms with van der Waals surface area (Å²) < 4.78 is 10.4. The van der Waals surface area contributed by atoms with Crippen molar-refractivity contribution in [2.45, 2.75) is 71.1 Å². The summed E-state index contributed by atoms with van der Waals surface area (Å²) >= 11 is 0. The van der Waals surface area contributed by atoms with Gasteiger partial charge < -0.3 is 9.47 Å². The normalized spacial score (nSPS) is 29.2. The number of hydrogen-bond acceptors (Lipinski definition) is 5. The maximum absolute atomic E-state index is 12.5. The van der Waals surface area contributed by atoms with E-state index in [1.54, 1.807) is 4.90 Å². The van der Waals surface area contributed by atoms with Crippen molar-refractivity contribution in [1.82, 2.24) is 9.80 Å². The zero-order chi connectivity index (χ0) is 17.9. The standard InChI is InChI=1S/C18H32N2O4/c1-13-7-6-9-19(12-13)14-8-10-20(15(11-14)16(21)23-5)17(22)24-18(2,3)4/h13-15H,6-12H2,1-5H3/t13-,14+,15+/m1/s1. The molecule has 0 radical (unpaired) electrons. The van der Waals surface area contributed by atoms with Crippen molar-refractivity contribution >= 4 is 12.1 Å². The summed E-state index contributed by atoms with van der Waals surface area (Å²) in [5.41, 5.74) is -0.573. The van der Waals surface area contributed by atoms with Crippen LogP contribution in [0, 0.1) is 5.92 Å². The maximum Gasteiger partial charge on any atom is 0.411 e.